The van der Waals surface area contributed by atoms with E-state index in [2.05, 4.69) is 19.2 Å². The summed E-state index contributed by atoms with van der Waals surface area (Å²) in [5.41, 5.74) is 0. The first-order valence-electron chi connectivity index (χ1n) is 22.9. The number of ether oxygens (including phenoxy) is 2. The molecule has 0 aromatic rings. The van der Waals surface area contributed by atoms with Crippen LogP contribution in [0.5, 0.6) is 0 Å². The van der Waals surface area contributed by atoms with Crippen LogP contribution in [0.4, 0.5) is 0 Å². The molecule has 54 heavy (non-hydrogen) atoms. The van der Waals surface area contributed by atoms with Gasteiger partial charge < -0.3 is 40.3 Å². The van der Waals surface area contributed by atoms with Gasteiger partial charge in [0.15, 0.2) is 6.29 Å². The summed E-state index contributed by atoms with van der Waals surface area (Å²) in [4.78, 5) is 12.9. The van der Waals surface area contributed by atoms with Crippen molar-refractivity contribution in [2.45, 2.75) is 256 Å². The highest BCUT2D eigenvalue weighted by Gasteiger charge is 2.44. The van der Waals surface area contributed by atoms with Gasteiger partial charge in [0, 0.05) is 6.42 Å². The standard InChI is InChI=1S/C45H87NO8/c1-3-5-7-9-11-13-15-17-18-19-20-21-23-25-27-29-31-33-35-41(49)46-38(37-53-45-44(52)43(51)42(50)40(36-47)54-45)39(48)34-32-30-28-26-24-22-16-14-12-10-8-6-4-2/h32,34,38-40,42-45,47-48,50-52H,3-31,33,35-37H2,1-2H3,(H,46,49)/b34-32+/t38-,39+,40+,42-,43?,44?,45+/m0/s1. The van der Waals surface area contributed by atoms with Crippen molar-refractivity contribution in [3.63, 3.8) is 0 Å². The van der Waals surface area contributed by atoms with Gasteiger partial charge in [0.05, 0.1) is 25.4 Å². The van der Waals surface area contributed by atoms with E-state index in [1.54, 1.807) is 6.08 Å². The van der Waals surface area contributed by atoms with Crippen LogP contribution in [0.15, 0.2) is 12.2 Å². The van der Waals surface area contributed by atoms with E-state index in [0.717, 1.165) is 38.5 Å². The van der Waals surface area contributed by atoms with Crippen LogP contribution in [-0.4, -0.2) is 87.5 Å². The molecule has 0 bridgehead atoms. The van der Waals surface area contributed by atoms with E-state index < -0.39 is 49.5 Å². The molecule has 1 heterocycles. The maximum atomic E-state index is 12.9. The second-order valence-electron chi connectivity index (χ2n) is 16.2. The molecule has 1 saturated heterocycles. The molecule has 9 nitrogen and oxygen atoms in total. The molecule has 2 unspecified atom stereocenters. The Morgan fingerprint density at radius 2 is 1.02 bits per heavy atom. The van der Waals surface area contributed by atoms with Gasteiger partial charge in [0.1, 0.15) is 24.4 Å². The van der Waals surface area contributed by atoms with E-state index in [1.165, 1.54) is 154 Å². The maximum absolute atomic E-state index is 12.9. The Bertz CT molecular complexity index is 858. The third-order valence-corrected chi connectivity index (χ3v) is 11.1. The van der Waals surface area contributed by atoms with Crippen molar-refractivity contribution in [3.8, 4) is 0 Å². The fourth-order valence-corrected chi connectivity index (χ4v) is 7.39. The number of carbonyl (C=O) groups excluding carboxylic acids is 1. The Morgan fingerprint density at radius 3 is 1.44 bits per heavy atom. The molecule has 0 aromatic carbocycles. The third-order valence-electron chi connectivity index (χ3n) is 11.1. The number of aliphatic hydroxyl groups excluding tert-OH is 5. The van der Waals surface area contributed by atoms with Gasteiger partial charge in [-0.15, -0.1) is 0 Å². The molecule has 1 fully saturated rings. The van der Waals surface area contributed by atoms with Crippen molar-refractivity contribution in [1.29, 1.82) is 0 Å². The van der Waals surface area contributed by atoms with Crippen molar-refractivity contribution in [2.75, 3.05) is 13.2 Å². The van der Waals surface area contributed by atoms with Crippen LogP contribution in [-0.2, 0) is 14.3 Å². The number of hydrogen-bond acceptors (Lipinski definition) is 8. The predicted octanol–water partition coefficient (Wildman–Crippen LogP) is 9.34. The zero-order valence-electron chi connectivity index (χ0n) is 35.0. The molecule has 0 radical (unpaired) electrons. The minimum absolute atomic E-state index is 0.174. The summed E-state index contributed by atoms with van der Waals surface area (Å²) in [7, 11) is 0. The molecule has 320 valence electrons. The molecule has 7 atom stereocenters. The van der Waals surface area contributed by atoms with Crippen LogP contribution >= 0.6 is 0 Å². The van der Waals surface area contributed by atoms with Gasteiger partial charge in [0.2, 0.25) is 5.91 Å². The lowest BCUT2D eigenvalue weighted by Gasteiger charge is -2.40. The number of carbonyl (C=O) groups is 1. The smallest absolute Gasteiger partial charge is 0.220 e. The molecule has 0 aliphatic carbocycles. The topological polar surface area (TPSA) is 149 Å². The maximum Gasteiger partial charge on any atom is 0.220 e. The zero-order valence-corrected chi connectivity index (χ0v) is 35.0. The number of amides is 1. The Labute approximate surface area is 331 Å². The van der Waals surface area contributed by atoms with E-state index in [0.29, 0.717) is 6.42 Å². The molecular formula is C45H87NO8. The van der Waals surface area contributed by atoms with Crippen molar-refractivity contribution in [2.24, 2.45) is 0 Å². The van der Waals surface area contributed by atoms with Gasteiger partial charge in [-0.05, 0) is 19.3 Å². The van der Waals surface area contributed by atoms with Crippen LogP contribution < -0.4 is 5.32 Å². The van der Waals surface area contributed by atoms with Crippen molar-refractivity contribution in [3.05, 3.63) is 12.2 Å². The van der Waals surface area contributed by atoms with Gasteiger partial charge in [-0.25, -0.2) is 0 Å². The summed E-state index contributed by atoms with van der Waals surface area (Å²) < 4.78 is 11.2. The molecule has 1 amide bonds. The van der Waals surface area contributed by atoms with Crippen molar-refractivity contribution >= 4 is 5.91 Å². The van der Waals surface area contributed by atoms with Crippen LogP contribution in [0.2, 0.25) is 0 Å². The van der Waals surface area contributed by atoms with Crippen LogP contribution in [0.1, 0.15) is 213 Å². The highest BCUT2D eigenvalue weighted by Crippen LogP contribution is 2.23. The van der Waals surface area contributed by atoms with Crippen molar-refractivity contribution < 1.29 is 39.8 Å². The van der Waals surface area contributed by atoms with Gasteiger partial charge in [-0.1, -0.05) is 199 Å². The number of unbranched alkanes of at least 4 members (excludes halogenated alkanes) is 28. The summed E-state index contributed by atoms with van der Waals surface area (Å²) in [5, 5.41) is 54.1. The normalized spacial score (nSPS) is 21.5. The third kappa shape index (κ3) is 26.7. The first-order chi connectivity index (χ1) is 26.3. The molecule has 1 aliphatic rings. The SMILES string of the molecule is CCCCCCCCCCCCC/C=C/[C@@H](O)[C@H](CO[C@@H]1O[C@H](CO)[C@H](O)C(O)C1O)NC(=O)CCCCCCCCCCCCCCCCCCCC. The minimum Gasteiger partial charge on any atom is -0.394 e. The largest absolute Gasteiger partial charge is 0.394 e. The number of nitrogens with one attached hydrogen (secondary N) is 1. The molecule has 0 saturated carbocycles. The second-order valence-corrected chi connectivity index (χ2v) is 16.2. The van der Waals surface area contributed by atoms with Gasteiger partial charge in [-0.2, -0.15) is 0 Å². The molecule has 1 aliphatic heterocycles. The zero-order chi connectivity index (χ0) is 39.5. The fourth-order valence-electron chi connectivity index (χ4n) is 7.39. The number of allylic oxidation sites excluding steroid dienone is 1. The quantitative estimate of drug-likeness (QED) is 0.0269. The molecule has 0 spiro atoms. The highest BCUT2D eigenvalue weighted by atomic mass is 16.7. The lowest BCUT2D eigenvalue weighted by atomic mass is 9.99. The van der Waals surface area contributed by atoms with E-state index in [1.807, 2.05) is 6.08 Å². The molecule has 6 N–H and O–H groups in total. The average Bonchev–Trinajstić information content (AvgIpc) is 3.17. The molecular weight excluding hydrogens is 682 g/mol. The highest BCUT2D eigenvalue weighted by molar-refractivity contribution is 5.76. The Kier molecular flexibility index (Phi) is 34.2. The number of rotatable bonds is 38. The lowest BCUT2D eigenvalue weighted by Crippen LogP contribution is -2.60. The molecule has 9 heteroatoms. The van der Waals surface area contributed by atoms with E-state index >= 15 is 0 Å². The molecule has 1 rings (SSSR count). The lowest BCUT2D eigenvalue weighted by molar-refractivity contribution is -0.302. The van der Waals surface area contributed by atoms with E-state index in [4.69, 9.17) is 9.47 Å². The van der Waals surface area contributed by atoms with Gasteiger partial charge in [0.25, 0.3) is 0 Å². The monoisotopic (exact) mass is 770 g/mol. The van der Waals surface area contributed by atoms with E-state index in [-0.39, 0.29) is 12.5 Å². The summed E-state index contributed by atoms with van der Waals surface area (Å²) in [6.07, 6.45) is 33.9. The Hall–Kier alpha value is -1.07. The van der Waals surface area contributed by atoms with Crippen LogP contribution in [0.3, 0.4) is 0 Å². The Morgan fingerprint density at radius 1 is 0.611 bits per heavy atom. The van der Waals surface area contributed by atoms with Crippen molar-refractivity contribution in [1.82, 2.24) is 5.32 Å². The summed E-state index contributed by atoms with van der Waals surface area (Å²) in [5.74, 6) is -0.174. The minimum atomic E-state index is -1.56. The summed E-state index contributed by atoms with van der Waals surface area (Å²) in [6, 6.07) is -0.797. The molecule has 0 aromatic heterocycles. The van der Waals surface area contributed by atoms with E-state index in [9.17, 15) is 30.3 Å². The summed E-state index contributed by atoms with van der Waals surface area (Å²) >= 11 is 0. The first-order valence-corrected chi connectivity index (χ1v) is 22.9. The van der Waals surface area contributed by atoms with Gasteiger partial charge >= 0.3 is 0 Å². The van der Waals surface area contributed by atoms with Crippen LogP contribution in [0, 0.1) is 0 Å². The average molecular weight is 770 g/mol. The second kappa shape index (κ2) is 36.3. The van der Waals surface area contributed by atoms with Gasteiger partial charge in [-0.3, -0.25) is 4.79 Å². The first kappa shape index (κ1) is 50.9. The number of aliphatic hydroxyl groups is 5. The predicted molar refractivity (Wildman–Crippen MR) is 221 cm³/mol. The number of hydrogen-bond donors (Lipinski definition) is 6. The Balaban J connectivity index is 2.33. The van der Waals surface area contributed by atoms with Crippen LogP contribution in [0.25, 0.3) is 0 Å². The summed E-state index contributed by atoms with van der Waals surface area (Å²) in [6.45, 7) is 3.78. The fraction of sp³-hybridized carbons (Fsp3) is 0.933.